The summed E-state index contributed by atoms with van der Waals surface area (Å²) in [5, 5.41) is 1.07. The second-order valence-electron chi connectivity index (χ2n) is 3.31. The van der Waals surface area contributed by atoms with Crippen LogP contribution in [0.2, 0.25) is 0 Å². The van der Waals surface area contributed by atoms with E-state index in [2.05, 4.69) is 20.9 Å². The second kappa shape index (κ2) is 4.06. The highest BCUT2D eigenvalue weighted by atomic mass is 79.9. The summed E-state index contributed by atoms with van der Waals surface area (Å²) in [6.07, 6.45) is 1.64. The minimum absolute atomic E-state index is 0.231. The molecule has 0 aliphatic carbocycles. The first-order valence-electron chi connectivity index (χ1n) is 4.58. The largest absolute Gasteiger partial charge is 0.460 e. The molecule has 4 heteroatoms. The molecule has 1 aromatic heterocycles. The van der Waals surface area contributed by atoms with Crippen LogP contribution in [-0.2, 0) is 9.53 Å². The Balaban J connectivity index is 2.51. The maximum Gasteiger partial charge on any atom is 0.293 e. The van der Waals surface area contributed by atoms with Crippen LogP contribution in [0.15, 0.2) is 28.9 Å². The molecule has 0 saturated carbocycles. The first kappa shape index (κ1) is 10.2. The van der Waals surface area contributed by atoms with E-state index in [1.807, 2.05) is 31.3 Å². The third-order valence-corrected chi connectivity index (χ3v) is 2.87. The van der Waals surface area contributed by atoms with Crippen molar-refractivity contribution in [3.8, 4) is 0 Å². The molecule has 0 fully saturated rings. The number of hydrogen-bond donors (Lipinski definition) is 1. The zero-order chi connectivity index (χ0) is 10.8. The molecule has 15 heavy (non-hydrogen) atoms. The Kier molecular flexibility index (Phi) is 2.77. The second-order valence-corrected chi connectivity index (χ2v) is 4.22. The van der Waals surface area contributed by atoms with Crippen LogP contribution in [0.4, 0.5) is 0 Å². The quantitative estimate of drug-likeness (QED) is 0.869. The fourth-order valence-electron chi connectivity index (χ4n) is 1.61. The van der Waals surface area contributed by atoms with Gasteiger partial charge in [0, 0.05) is 27.1 Å². The Morgan fingerprint density at radius 2 is 2.33 bits per heavy atom. The number of fused-ring (bicyclic) bond motifs is 1. The van der Waals surface area contributed by atoms with E-state index >= 15 is 0 Å². The first-order valence-corrected chi connectivity index (χ1v) is 5.37. The Morgan fingerprint density at radius 3 is 3.07 bits per heavy atom. The molecule has 0 radical (unpaired) electrons. The molecule has 0 aliphatic rings. The molecule has 1 unspecified atom stereocenters. The van der Waals surface area contributed by atoms with E-state index < -0.39 is 0 Å². The lowest BCUT2D eigenvalue weighted by Crippen LogP contribution is -1.96. The summed E-state index contributed by atoms with van der Waals surface area (Å²) in [6, 6.07) is 5.95. The Bertz CT molecular complexity index is 492. The highest BCUT2D eigenvalue weighted by Gasteiger charge is 2.11. The van der Waals surface area contributed by atoms with Crippen molar-refractivity contribution in [3.05, 3.63) is 34.4 Å². The number of aromatic amines is 1. The van der Waals surface area contributed by atoms with Gasteiger partial charge in [0.25, 0.3) is 6.47 Å². The summed E-state index contributed by atoms with van der Waals surface area (Å²) in [6.45, 7) is 2.32. The van der Waals surface area contributed by atoms with Crippen molar-refractivity contribution in [3.63, 3.8) is 0 Å². The molecule has 0 amide bonds. The molecule has 0 aliphatic heterocycles. The molecule has 2 aromatic rings. The molecule has 1 aromatic carbocycles. The lowest BCUT2D eigenvalue weighted by molar-refractivity contribution is -0.133. The third kappa shape index (κ3) is 1.90. The van der Waals surface area contributed by atoms with Gasteiger partial charge in [-0.05, 0) is 25.1 Å². The SMILES string of the molecule is CC(OC=O)c1c[nH]c2ccc(Br)cc12. The van der Waals surface area contributed by atoms with Gasteiger partial charge in [-0.25, -0.2) is 0 Å². The van der Waals surface area contributed by atoms with Gasteiger partial charge in [-0.3, -0.25) is 4.79 Å². The molecule has 1 heterocycles. The zero-order valence-corrected chi connectivity index (χ0v) is 9.74. The van der Waals surface area contributed by atoms with Crippen molar-refractivity contribution in [2.75, 3.05) is 0 Å². The maximum atomic E-state index is 10.3. The van der Waals surface area contributed by atoms with E-state index in [0.717, 1.165) is 20.9 Å². The number of ether oxygens (including phenoxy) is 1. The van der Waals surface area contributed by atoms with E-state index in [-0.39, 0.29) is 6.10 Å². The van der Waals surface area contributed by atoms with Gasteiger partial charge in [-0.15, -0.1) is 0 Å². The predicted molar refractivity (Wildman–Crippen MR) is 61.6 cm³/mol. The Morgan fingerprint density at radius 1 is 1.53 bits per heavy atom. The summed E-state index contributed by atoms with van der Waals surface area (Å²) in [5.74, 6) is 0. The summed E-state index contributed by atoms with van der Waals surface area (Å²) in [7, 11) is 0. The van der Waals surface area contributed by atoms with Crippen LogP contribution in [0.25, 0.3) is 10.9 Å². The van der Waals surface area contributed by atoms with Gasteiger partial charge in [-0.1, -0.05) is 15.9 Å². The number of carbonyl (C=O) groups is 1. The molecule has 0 spiro atoms. The number of rotatable bonds is 3. The number of benzene rings is 1. The van der Waals surface area contributed by atoms with Crippen LogP contribution in [0.3, 0.4) is 0 Å². The minimum atomic E-state index is -0.231. The van der Waals surface area contributed by atoms with Gasteiger partial charge in [0.2, 0.25) is 0 Å². The minimum Gasteiger partial charge on any atom is -0.460 e. The van der Waals surface area contributed by atoms with Crippen molar-refractivity contribution in [1.29, 1.82) is 0 Å². The number of nitrogens with one attached hydrogen (secondary N) is 1. The monoisotopic (exact) mass is 267 g/mol. The average molecular weight is 268 g/mol. The van der Waals surface area contributed by atoms with Gasteiger partial charge >= 0.3 is 0 Å². The average Bonchev–Trinajstić information content (AvgIpc) is 2.60. The third-order valence-electron chi connectivity index (χ3n) is 2.37. The van der Waals surface area contributed by atoms with Crippen LogP contribution in [0.5, 0.6) is 0 Å². The summed E-state index contributed by atoms with van der Waals surface area (Å²) in [4.78, 5) is 13.4. The fourth-order valence-corrected chi connectivity index (χ4v) is 1.97. The van der Waals surface area contributed by atoms with E-state index in [4.69, 9.17) is 4.74 Å². The van der Waals surface area contributed by atoms with E-state index in [9.17, 15) is 4.79 Å². The van der Waals surface area contributed by atoms with Crippen LogP contribution in [-0.4, -0.2) is 11.5 Å². The van der Waals surface area contributed by atoms with E-state index in [0.29, 0.717) is 6.47 Å². The normalized spacial score (nSPS) is 12.7. The van der Waals surface area contributed by atoms with Crippen molar-refractivity contribution in [2.45, 2.75) is 13.0 Å². The predicted octanol–water partition coefficient (Wildman–Crippen LogP) is 3.16. The smallest absolute Gasteiger partial charge is 0.293 e. The highest BCUT2D eigenvalue weighted by Crippen LogP contribution is 2.28. The van der Waals surface area contributed by atoms with Crippen molar-refractivity contribution < 1.29 is 9.53 Å². The molecule has 1 atom stereocenters. The van der Waals surface area contributed by atoms with Crippen LogP contribution in [0, 0.1) is 0 Å². The Hall–Kier alpha value is -1.29. The number of hydrogen-bond acceptors (Lipinski definition) is 2. The lowest BCUT2D eigenvalue weighted by Gasteiger charge is -2.07. The van der Waals surface area contributed by atoms with E-state index in [1.165, 1.54) is 0 Å². The van der Waals surface area contributed by atoms with Crippen molar-refractivity contribution in [1.82, 2.24) is 4.98 Å². The van der Waals surface area contributed by atoms with Crippen LogP contribution < -0.4 is 0 Å². The molecular formula is C11H10BrNO2. The lowest BCUT2D eigenvalue weighted by atomic mass is 10.1. The molecule has 3 nitrogen and oxygen atoms in total. The number of aromatic nitrogens is 1. The molecule has 0 saturated heterocycles. The first-order chi connectivity index (χ1) is 7.22. The number of H-pyrrole nitrogens is 1. The summed E-state index contributed by atoms with van der Waals surface area (Å²) in [5.41, 5.74) is 2.02. The highest BCUT2D eigenvalue weighted by molar-refractivity contribution is 9.10. The van der Waals surface area contributed by atoms with Gasteiger partial charge < -0.3 is 9.72 Å². The topological polar surface area (TPSA) is 42.1 Å². The van der Waals surface area contributed by atoms with Gasteiger partial charge in [0.05, 0.1) is 0 Å². The molecule has 78 valence electrons. The fraction of sp³-hybridized carbons (Fsp3) is 0.182. The van der Waals surface area contributed by atoms with Crippen molar-refractivity contribution >= 4 is 33.3 Å². The molecule has 2 rings (SSSR count). The van der Waals surface area contributed by atoms with E-state index in [1.54, 1.807) is 0 Å². The number of halogens is 1. The molecule has 1 N–H and O–H groups in total. The summed E-state index contributed by atoms with van der Waals surface area (Å²) >= 11 is 3.42. The van der Waals surface area contributed by atoms with Gasteiger partial charge in [-0.2, -0.15) is 0 Å². The zero-order valence-electron chi connectivity index (χ0n) is 8.16. The van der Waals surface area contributed by atoms with Gasteiger partial charge in [0.1, 0.15) is 6.10 Å². The number of carbonyl (C=O) groups excluding carboxylic acids is 1. The maximum absolute atomic E-state index is 10.3. The van der Waals surface area contributed by atoms with Crippen molar-refractivity contribution in [2.24, 2.45) is 0 Å². The van der Waals surface area contributed by atoms with Crippen LogP contribution in [0.1, 0.15) is 18.6 Å². The van der Waals surface area contributed by atoms with Crippen LogP contribution >= 0.6 is 15.9 Å². The van der Waals surface area contributed by atoms with Gasteiger partial charge in [0.15, 0.2) is 0 Å². The Labute approximate surface area is 95.6 Å². The molecular weight excluding hydrogens is 258 g/mol. The summed E-state index contributed by atoms with van der Waals surface area (Å²) < 4.78 is 5.93. The molecule has 0 bridgehead atoms. The standard InChI is InChI=1S/C11H10BrNO2/c1-7(15-6-14)10-5-13-11-3-2-8(12)4-9(10)11/h2-7,13H,1H3.